The van der Waals surface area contributed by atoms with Crippen molar-refractivity contribution in [3.8, 4) is 11.3 Å². The molecule has 2 aromatic heterocycles. The summed E-state index contributed by atoms with van der Waals surface area (Å²) < 4.78 is 39.8. The number of aryl methyl sites for hydroxylation is 1. The van der Waals surface area contributed by atoms with Gasteiger partial charge < -0.3 is 10.2 Å². The van der Waals surface area contributed by atoms with Crippen LogP contribution in [-0.2, 0) is 19.1 Å². The van der Waals surface area contributed by atoms with E-state index in [-0.39, 0.29) is 6.54 Å². The predicted molar refractivity (Wildman–Crippen MR) is 124 cm³/mol. The van der Waals surface area contributed by atoms with Gasteiger partial charge in [0.15, 0.2) is 5.82 Å². The van der Waals surface area contributed by atoms with E-state index in [0.29, 0.717) is 34.6 Å². The molecule has 0 bridgehead atoms. The fraction of sp³-hybridized carbons (Fsp3) is 0.417. The van der Waals surface area contributed by atoms with Gasteiger partial charge in [-0.1, -0.05) is 11.6 Å². The highest BCUT2D eigenvalue weighted by Crippen LogP contribution is 2.34. The van der Waals surface area contributed by atoms with Crippen molar-refractivity contribution in [3.05, 3.63) is 64.5 Å². The third-order valence-electron chi connectivity index (χ3n) is 6.35. The number of benzene rings is 1. The van der Waals surface area contributed by atoms with Crippen molar-refractivity contribution in [2.75, 3.05) is 24.5 Å². The van der Waals surface area contributed by atoms with E-state index >= 15 is 0 Å². The topological polar surface area (TPSA) is 66.8 Å². The van der Waals surface area contributed by atoms with E-state index in [1.807, 2.05) is 4.90 Å². The molecule has 1 N–H and O–H groups in total. The Kier molecular flexibility index (Phi) is 6.40. The number of aromatic nitrogens is 4. The summed E-state index contributed by atoms with van der Waals surface area (Å²) in [5.41, 5.74) is 1.92. The lowest BCUT2D eigenvalue weighted by molar-refractivity contribution is -0.137. The highest BCUT2D eigenvalue weighted by Gasteiger charge is 2.31. The Hall–Kier alpha value is -2.78. The first-order valence-corrected chi connectivity index (χ1v) is 11.8. The second-order valence-corrected chi connectivity index (χ2v) is 9.14. The molecule has 4 heterocycles. The lowest BCUT2D eigenvalue weighted by atomic mass is 10.1. The molecule has 1 aromatic carbocycles. The summed E-state index contributed by atoms with van der Waals surface area (Å²) >= 11 is 6.28. The van der Waals surface area contributed by atoms with Gasteiger partial charge in [-0.25, -0.2) is 15.0 Å². The van der Waals surface area contributed by atoms with E-state index in [9.17, 15) is 13.2 Å². The normalized spacial score (nSPS) is 18.6. The van der Waals surface area contributed by atoms with Gasteiger partial charge in [0, 0.05) is 48.5 Å². The van der Waals surface area contributed by atoms with Crippen molar-refractivity contribution in [3.63, 3.8) is 0 Å². The van der Waals surface area contributed by atoms with Crippen LogP contribution in [0.25, 0.3) is 11.3 Å². The molecule has 1 unspecified atom stereocenters. The van der Waals surface area contributed by atoms with Crippen molar-refractivity contribution in [2.45, 2.75) is 44.3 Å². The van der Waals surface area contributed by atoms with E-state index in [2.05, 4.69) is 20.3 Å². The molecule has 1 atom stereocenters. The number of anilines is 1. The number of rotatable bonds is 4. The summed E-state index contributed by atoms with van der Waals surface area (Å²) in [5, 5.41) is 3.62. The van der Waals surface area contributed by atoms with Crippen LogP contribution in [0.2, 0.25) is 5.02 Å². The molecule has 1 saturated heterocycles. The first-order chi connectivity index (χ1) is 16.4. The molecule has 5 rings (SSSR count). The minimum absolute atomic E-state index is 0.220. The summed E-state index contributed by atoms with van der Waals surface area (Å²) in [6, 6.07) is 3.43. The molecule has 0 radical (unpaired) electrons. The molecule has 10 heteroatoms. The monoisotopic (exact) mass is 488 g/mol. The van der Waals surface area contributed by atoms with Crippen molar-refractivity contribution >= 4 is 17.4 Å². The molecule has 2 aliphatic rings. The largest absolute Gasteiger partial charge is 0.416 e. The minimum Gasteiger partial charge on any atom is -0.351 e. The van der Waals surface area contributed by atoms with Gasteiger partial charge in [0.25, 0.3) is 0 Å². The Balaban J connectivity index is 1.45. The minimum atomic E-state index is -4.43. The number of nitrogens with zero attached hydrogens (tertiary/aromatic N) is 5. The van der Waals surface area contributed by atoms with Crippen LogP contribution in [0, 0.1) is 0 Å². The van der Waals surface area contributed by atoms with E-state index in [1.165, 1.54) is 6.07 Å². The first kappa shape index (κ1) is 23.0. The van der Waals surface area contributed by atoms with Crippen molar-refractivity contribution in [1.29, 1.82) is 0 Å². The van der Waals surface area contributed by atoms with Gasteiger partial charge in [-0.2, -0.15) is 13.2 Å². The number of halogens is 4. The van der Waals surface area contributed by atoms with E-state index in [1.54, 1.807) is 18.6 Å². The molecule has 3 aromatic rings. The SMILES string of the molecule is FC(F)(F)c1ccc(Cl)c(CN2CCCCc3ncc(-c4cnc(C5CCNC5)nc4)nc32)c1. The molecule has 0 amide bonds. The fourth-order valence-electron chi connectivity index (χ4n) is 4.46. The predicted octanol–water partition coefficient (Wildman–Crippen LogP) is 5.03. The maximum absolute atomic E-state index is 13.3. The van der Waals surface area contributed by atoms with Crippen molar-refractivity contribution in [2.24, 2.45) is 0 Å². The third kappa shape index (κ3) is 4.86. The van der Waals surface area contributed by atoms with Gasteiger partial charge >= 0.3 is 6.18 Å². The highest BCUT2D eigenvalue weighted by molar-refractivity contribution is 6.31. The lowest BCUT2D eigenvalue weighted by Crippen LogP contribution is -2.25. The van der Waals surface area contributed by atoms with Gasteiger partial charge in [-0.3, -0.25) is 4.98 Å². The fourth-order valence-corrected chi connectivity index (χ4v) is 4.64. The van der Waals surface area contributed by atoms with Crippen LogP contribution < -0.4 is 10.2 Å². The molecule has 178 valence electrons. The highest BCUT2D eigenvalue weighted by atomic mass is 35.5. The zero-order valence-corrected chi connectivity index (χ0v) is 19.2. The van der Waals surface area contributed by atoms with Crippen LogP contribution in [0.4, 0.5) is 19.0 Å². The number of alkyl halides is 3. The van der Waals surface area contributed by atoms with Crippen molar-refractivity contribution < 1.29 is 13.2 Å². The van der Waals surface area contributed by atoms with Gasteiger partial charge in [0.1, 0.15) is 5.82 Å². The van der Waals surface area contributed by atoms with Crippen molar-refractivity contribution in [1.82, 2.24) is 25.3 Å². The number of hydrogen-bond acceptors (Lipinski definition) is 6. The average Bonchev–Trinajstić information content (AvgIpc) is 3.29. The van der Waals surface area contributed by atoms with Crippen LogP contribution >= 0.6 is 11.6 Å². The van der Waals surface area contributed by atoms with E-state index in [4.69, 9.17) is 16.6 Å². The number of fused-ring (bicyclic) bond motifs is 1. The maximum Gasteiger partial charge on any atom is 0.416 e. The Bertz CT molecular complexity index is 1160. The zero-order valence-electron chi connectivity index (χ0n) is 18.4. The Labute approximate surface area is 200 Å². The Morgan fingerprint density at radius 2 is 1.91 bits per heavy atom. The smallest absolute Gasteiger partial charge is 0.351 e. The Morgan fingerprint density at radius 1 is 1.09 bits per heavy atom. The molecule has 0 aliphatic carbocycles. The second-order valence-electron chi connectivity index (χ2n) is 8.73. The van der Waals surface area contributed by atoms with Crippen LogP contribution in [0.3, 0.4) is 0 Å². The maximum atomic E-state index is 13.3. The molecule has 1 fully saturated rings. The molecular formula is C24H24ClF3N6. The van der Waals surface area contributed by atoms with Crippen LogP contribution in [0.15, 0.2) is 36.8 Å². The van der Waals surface area contributed by atoms with Gasteiger partial charge in [0.2, 0.25) is 0 Å². The van der Waals surface area contributed by atoms with Crippen LogP contribution in [0.1, 0.15) is 47.8 Å². The third-order valence-corrected chi connectivity index (χ3v) is 6.71. The van der Waals surface area contributed by atoms with Crippen LogP contribution in [0.5, 0.6) is 0 Å². The molecule has 0 spiro atoms. The second kappa shape index (κ2) is 9.46. The lowest BCUT2D eigenvalue weighted by Gasteiger charge is -2.25. The summed E-state index contributed by atoms with van der Waals surface area (Å²) in [6.45, 7) is 2.72. The van der Waals surface area contributed by atoms with Gasteiger partial charge in [0.05, 0.1) is 23.1 Å². The molecule has 6 nitrogen and oxygen atoms in total. The summed E-state index contributed by atoms with van der Waals surface area (Å²) in [4.78, 5) is 20.6. The van der Waals surface area contributed by atoms with E-state index < -0.39 is 11.7 Å². The Morgan fingerprint density at radius 3 is 2.65 bits per heavy atom. The molecule has 2 aliphatic heterocycles. The standard InChI is InChI=1S/C24H24ClF3N6/c25-19-5-4-18(24(26,27)28)9-16(19)14-34-8-2-1-3-20-23(34)33-21(13-30-20)17-11-31-22(32-12-17)15-6-7-29-10-15/h4-5,9,11-13,15,29H,1-3,6-8,10,14H2. The first-order valence-electron chi connectivity index (χ1n) is 11.4. The summed E-state index contributed by atoms with van der Waals surface area (Å²) in [7, 11) is 0. The number of hydrogen-bond donors (Lipinski definition) is 1. The molecular weight excluding hydrogens is 465 g/mol. The van der Waals surface area contributed by atoms with Gasteiger partial charge in [-0.05, 0) is 56.0 Å². The quantitative estimate of drug-likeness (QED) is 0.556. The van der Waals surface area contributed by atoms with E-state index in [0.717, 1.165) is 68.0 Å². The average molecular weight is 489 g/mol. The summed E-state index contributed by atoms with van der Waals surface area (Å²) in [6.07, 6.45) is 4.42. The van der Waals surface area contributed by atoms with Gasteiger partial charge in [-0.15, -0.1) is 0 Å². The zero-order chi connectivity index (χ0) is 23.7. The molecule has 34 heavy (non-hydrogen) atoms. The molecule has 0 saturated carbocycles. The number of nitrogens with one attached hydrogen (secondary N) is 1. The van der Waals surface area contributed by atoms with Crippen LogP contribution in [-0.4, -0.2) is 39.6 Å². The summed E-state index contributed by atoms with van der Waals surface area (Å²) in [5.74, 6) is 1.81.